The summed E-state index contributed by atoms with van der Waals surface area (Å²) in [5.74, 6) is -2.03. The van der Waals surface area contributed by atoms with Gasteiger partial charge in [0.15, 0.2) is 11.5 Å². The second-order valence-corrected chi connectivity index (χ2v) is 5.38. The Bertz CT molecular complexity index is 965. The highest BCUT2D eigenvalue weighted by Gasteiger charge is 2.34. The lowest BCUT2D eigenvalue weighted by molar-refractivity contribution is -0.139. The molecule has 0 aliphatic heterocycles. The molecule has 146 valence electrons. The monoisotopic (exact) mass is 410 g/mol. The van der Waals surface area contributed by atoms with E-state index in [-0.39, 0.29) is 30.3 Å². The van der Waals surface area contributed by atoms with Crippen molar-refractivity contribution in [2.24, 2.45) is 9.36 Å². The topological polar surface area (TPSA) is 142 Å². The molecule has 0 unspecified atom stereocenters. The lowest BCUT2D eigenvalue weighted by atomic mass is 10.2. The van der Waals surface area contributed by atoms with Crippen LogP contribution in [0.1, 0.15) is 11.3 Å². The lowest BCUT2D eigenvalue weighted by Gasteiger charge is -2.09. The number of benzene rings is 1. The molecular formula is C12H10F4N6O4S. The van der Waals surface area contributed by atoms with Crippen molar-refractivity contribution in [2.75, 3.05) is 18.4 Å². The molecule has 2 rings (SSSR count). The largest absolute Gasteiger partial charge is 0.419 e. The Balaban J connectivity index is 2.30. The van der Waals surface area contributed by atoms with Gasteiger partial charge in [-0.25, -0.2) is 14.0 Å². The van der Waals surface area contributed by atoms with E-state index in [9.17, 15) is 31.2 Å². The van der Waals surface area contributed by atoms with Crippen molar-refractivity contribution >= 4 is 27.8 Å². The SMILES string of the molecule is O=S(=O)=NCCNc1nonc1C(=Nc1ccc(F)c(C(F)(F)F)c1)NO. The number of hydroxylamine groups is 1. The number of hydrogen-bond donors (Lipinski definition) is 3. The highest BCUT2D eigenvalue weighted by Crippen LogP contribution is 2.33. The molecule has 10 nitrogen and oxygen atoms in total. The summed E-state index contributed by atoms with van der Waals surface area (Å²) in [5.41, 5.74) is -0.477. The van der Waals surface area contributed by atoms with Crippen molar-refractivity contribution in [1.29, 1.82) is 0 Å². The summed E-state index contributed by atoms with van der Waals surface area (Å²) in [6.07, 6.45) is -4.93. The van der Waals surface area contributed by atoms with Gasteiger partial charge in [0, 0.05) is 6.54 Å². The van der Waals surface area contributed by atoms with E-state index < -0.39 is 33.9 Å². The Kier molecular flexibility index (Phi) is 6.40. The Morgan fingerprint density at radius 3 is 2.67 bits per heavy atom. The molecule has 1 aromatic heterocycles. The van der Waals surface area contributed by atoms with E-state index in [4.69, 9.17) is 0 Å². The minimum absolute atomic E-state index is 0.0112. The molecule has 1 aromatic carbocycles. The molecule has 0 atom stereocenters. The first-order valence-electron chi connectivity index (χ1n) is 6.91. The quantitative estimate of drug-likeness (QED) is 0.215. The standard InChI is InChI=1S/C12H10F4N6O4S/c13-8-2-1-6(5-7(8)12(14,15)16)19-11(20-23)9-10(22-26-21-9)17-3-4-18-27(24)25/h1-2,5,23H,3-4H2,(H,17,22)(H,19,20). The van der Waals surface area contributed by atoms with Crippen LogP contribution in [0.25, 0.3) is 0 Å². The molecular weight excluding hydrogens is 400 g/mol. The summed E-state index contributed by atoms with van der Waals surface area (Å²) in [7, 11) is -2.59. The molecule has 3 N–H and O–H groups in total. The predicted octanol–water partition coefficient (Wildman–Crippen LogP) is 1.76. The number of alkyl halides is 3. The van der Waals surface area contributed by atoms with Gasteiger partial charge in [-0.05, 0) is 28.5 Å². The Hall–Kier alpha value is -3.07. The summed E-state index contributed by atoms with van der Waals surface area (Å²) in [6, 6.07) is 1.96. The van der Waals surface area contributed by atoms with E-state index >= 15 is 0 Å². The minimum atomic E-state index is -4.93. The molecule has 0 bridgehead atoms. The van der Waals surface area contributed by atoms with Crippen LogP contribution >= 0.6 is 0 Å². The van der Waals surface area contributed by atoms with Gasteiger partial charge >= 0.3 is 16.7 Å². The molecule has 27 heavy (non-hydrogen) atoms. The summed E-state index contributed by atoms with van der Waals surface area (Å²) < 4.78 is 79.8. The number of halogens is 4. The second kappa shape index (κ2) is 8.54. The molecule has 0 aliphatic carbocycles. The van der Waals surface area contributed by atoms with Gasteiger partial charge < -0.3 is 5.32 Å². The van der Waals surface area contributed by atoms with Crippen LogP contribution in [0.15, 0.2) is 32.2 Å². The number of hydrogen-bond acceptors (Lipinski definition) is 9. The van der Waals surface area contributed by atoms with Crippen LogP contribution in [-0.2, 0) is 16.7 Å². The lowest BCUT2D eigenvalue weighted by Crippen LogP contribution is -2.22. The number of amidine groups is 1. The molecule has 0 radical (unpaired) electrons. The van der Waals surface area contributed by atoms with Gasteiger partial charge in [-0.3, -0.25) is 10.7 Å². The fourth-order valence-electron chi connectivity index (χ4n) is 1.81. The maximum absolute atomic E-state index is 13.3. The third-order valence-corrected chi connectivity index (χ3v) is 3.31. The first kappa shape index (κ1) is 20.2. The van der Waals surface area contributed by atoms with E-state index in [1.807, 2.05) is 0 Å². The van der Waals surface area contributed by atoms with Crippen molar-refractivity contribution < 1.29 is 35.8 Å². The maximum atomic E-state index is 13.3. The zero-order valence-corrected chi connectivity index (χ0v) is 13.8. The average Bonchev–Trinajstić information content (AvgIpc) is 3.05. The predicted molar refractivity (Wildman–Crippen MR) is 81.5 cm³/mol. The highest BCUT2D eigenvalue weighted by molar-refractivity contribution is 7.61. The molecule has 0 fully saturated rings. The van der Waals surface area contributed by atoms with Gasteiger partial charge in [0.25, 0.3) is 0 Å². The minimum Gasteiger partial charge on any atom is -0.363 e. The fourth-order valence-corrected chi connectivity index (χ4v) is 2.05. The fraction of sp³-hybridized carbons (Fsp3) is 0.250. The maximum Gasteiger partial charge on any atom is 0.419 e. The first-order chi connectivity index (χ1) is 12.7. The van der Waals surface area contributed by atoms with Crippen LogP contribution in [-0.4, -0.2) is 42.9 Å². The van der Waals surface area contributed by atoms with Gasteiger partial charge in [-0.15, -0.1) is 0 Å². The van der Waals surface area contributed by atoms with Gasteiger partial charge in [0.2, 0.25) is 5.82 Å². The van der Waals surface area contributed by atoms with E-state index in [2.05, 4.69) is 29.6 Å². The molecule has 0 saturated heterocycles. The number of aliphatic imine (C=N–C) groups is 1. The van der Waals surface area contributed by atoms with Crippen molar-refractivity contribution in [3.63, 3.8) is 0 Å². The smallest absolute Gasteiger partial charge is 0.363 e. The van der Waals surface area contributed by atoms with Gasteiger partial charge in [0.1, 0.15) is 5.82 Å². The molecule has 0 amide bonds. The molecule has 1 heterocycles. The Morgan fingerprint density at radius 2 is 2.04 bits per heavy atom. The zero-order valence-electron chi connectivity index (χ0n) is 13.0. The van der Waals surface area contributed by atoms with Crippen molar-refractivity contribution in [3.8, 4) is 0 Å². The first-order valence-corrected chi connectivity index (χ1v) is 7.94. The van der Waals surface area contributed by atoms with E-state index in [1.54, 1.807) is 5.48 Å². The van der Waals surface area contributed by atoms with Crippen molar-refractivity contribution in [3.05, 3.63) is 35.3 Å². The van der Waals surface area contributed by atoms with Crippen LogP contribution in [0.3, 0.4) is 0 Å². The van der Waals surface area contributed by atoms with Crippen LogP contribution in [0, 0.1) is 5.82 Å². The van der Waals surface area contributed by atoms with Gasteiger partial charge in [-0.1, -0.05) is 0 Å². The van der Waals surface area contributed by atoms with E-state index in [0.717, 1.165) is 6.07 Å². The van der Waals surface area contributed by atoms with Gasteiger partial charge in [0.05, 0.1) is 17.8 Å². The molecule has 2 aromatic rings. The zero-order chi connectivity index (χ0) is 20.0. The van der Waals surface area contributed by atoms with Gasteiger partial charge in [-0.2, -0.15) is 26.0 Å². The summed E-state index contributed by atoms with van der Waals surface area (Å²) >= 11 is 0. The van der Waals surface area contributed by atoms with Crippen molar-refractivity contribution in [1.82, 2.24) is 15.8 Å². The normalized spacial score (nSPS) is 12.0. The molecule has 15 heteroatoms. The summed E-state index contributed by atoms with van der Waals surface area (Å²) in [4.78, 5) is 3.72. The molecule has 0 spiro atoms. The van der Waals surface area contributed by atoms with E-state index in [0.29, 0.717) is 12.1 Å². The molecule has 0 aliphatic rings. The van der Waals surface area contributed by atoms with Crippen LogP contribution < -0.4 is 10.8 Å². The number of rotatable bonds is 6. The third kappa shape index (κ3) is 5.45. The summed E-state index contributed by atoms with van der Waals surface area (Å²) in [6.45, 7) is -0.156. The highest BCUT2D eigenvalue weighted by atomic mass is 32.2. The van der Waals surface area contributed by atoms with Crippen LogP contribution in [0.5, 0.6) is 0 Å². The Morgan fingerprint density at radius 1 is 1.30 bits per heavy atom. The van der Waals surface area contributed by atoms with E-state index in [1.165, 1.54) is 0 Å². The molecule has 0 saturated carbocycles. The summed E-state index contributed by atoms with van der Waals surface area (Å²) in [5, 5.41) is 18.7. The Labute approximate surface area is 149 Å². The number of nitrogens with one attached hydrogen (secondary N) is 2. The van der Waals surface area contributed by atoms with Crippen LogP contribution in [0.2, 0.25) is 0 Å². The number of nitrogens with zero attached hydrogens (tertiary/aromatic N) is 4. The second-order valence-electron chi connectivity index (χ2n) is 4.69. The average molecular weight is 410 g/mol. The van der Waals surface area contributed by atoms with Crippen molar-refractivity contribution in [2.45, 2.75) is 6.18 Å². The third-order valence-electron chi connectivity index (χ3n) is 2.92. The van der Waals surface area contributed by atoms with Crippen LogP contribution in [0.4, 0.5) is 29.1 Å². The number of anilines is 1. The number of aromatic nitrogens is 2.